The highest BCUT2D eigenvalue weighted by Crippen LogP contribution is 2.28. The van der Waals surface area contributed by atoms with Crippen LogP contribution >= 0.6 is 0 Å². The van der Waals surface area contributed by atoms with Gasteiger partial charge < -0.3 is 19.1 Å². The Morgan fingerprint density at radius 1 is 1.36 bits per heavy atom. The van der Waals surface area contributed by atoms with Gasteiger partial charge in [-0.05, 0) is 18.2 Å². The number of benzene rings is 1. The van der Waals surface area contributed by atoms with Gasteiger partial charge in [0.05, 0.1) is 38.2 Å². The van der Waals surface area contributed by atoms with Gasteiger partial charge in [0.2, 0.25) is 0 Å². The van der Waals surface area contributed by atoms with Crippen molar-refractivity contribution in [3.8, 4) is 0 Å². The number of rotatable bonds is 3. The minimum atomic E-state index is -0.790. The lowest BCUT2D eigenvalue weighted by Crippen LogP contribution is -2.39. The van der Waals surface area contributed by atoms with Crippen molar-refractivity contribution in [1.29, 1.82) is 0 Å². The molecule has 0 bridgehead atoms. The Bertz CT molecular complexity index is 665. The zero-order chi connectivity index (χ0) is 18.0. The lowest BCUT2D eigenvalue weighted by atomic mass is 10.2. The van der Waals surface area contributed by atoms with E-state index in [2.05, 4.69) is 4.74 Å². The van der Waals surface area contributed by atoms with Crippen molar-refractivity contribution in [1.82, 2.24) is 4.90 Å². The Kier molecular flexibility index (Phi) is 4.93. The second-order valence-corrected chi connectivity index (χ2v) is 5.77. The molecule has 2 saturated heterocycles. The van der Waals surface area contributed by atoms with Gasteiger partial charge in [0.1, 0.15) is 5.82 Å². The zero-order valence-electron chi connectivity index (χ0n) is 14.1. The van der Waals surface area contributed by atoms with Gasteiger partial charge >= 0.3 is 12.2 Å². The van der Waals surface area contributed by atoms with E-state index in [0.29, 0.717) is 37.7 Å². The number of likely N-dealkylation sites (N-methyl/N-ethyl adjacent to an activating group) is 1. The fourth-order valence-electron chi connectivity index (χ4n) is 2.85. The van der Waals surface area contributed by atoms with Gasteiger partial charge in [-0.25, -0.2) is 14.0 Å². The van der Waals surface area contributed by atoms with Crippen molar-refractivity contribution in [3.05, 3.63) is 24.0 Å². The predicted octanol–water partition coefficient (Wildman–Crippen LogP) is 1.64. The molecule has 2 amide bonds. The summed E-state index contributed by atoms with van der Waals surface area (Å²) in [6.45, 7) is 2.45. The number of hydrogen-bond donors (Lipinski definition) is 0. The number of nitrogens with zero attached hydrogens (tertiary/aromatic N) is 3. The average Bonchev–Trinajstić information content (AvgIpc) is 3.02. The molecule has 0 aromatic heterocycles. The average molecular weight is 353 g/mol. The quantitative estimate of drug-likeness (QED) is 0.823. The standard InChI is InChI=1S/C16H20FN3O5/c1-18(15(21)23-2)14-10-20(16(22)25-14)11-3-4-13(12(17)9-11)19-5-7-24-8-6-19/h3-4,9,14H,5-8,10H2,1-2H3. The van der Waals surface area contributed by atoms with Gasteiger partial charge in [-0.3, -0.25) is 9.80 Å². The number of carbonyl (C=O) groups excluding carboxylic acids is 2. The van der Waals surface area contributed by atoms with Crippen LogP contribution in [0.3, 0.4) is 0 Å². The molecular formula is C16H20FN3O5. The lowest BCUT2D eigenvalue weighted by Gasteiger charge is -2.29. The summed E-state index contributed by atoms with van der Waals surface area (Å²) in [5, 5.41) is 0. The van der Waals surface area contributed by atoms with Crippen LogP contribution in [0.4, 0.5) is 25.4 Å². The summed E-state index contributed by atoms with van der Waals surface area (Å²) in [6.07, 6.45) is -2.05. The van der Waals surface area contributed by atoms with Gasteiger partial charge in [-0.15, -0.1) is 0 Å². The van der Waals surface area contributed by atoms with Crippen LogP contribution in [0.25, 0.3) is 0 Å². The smallest absolute Gasteiger partial charge is 0.416 e. The molecule has 2 fully saturated rings. The number of hydrogen-bond acceptors (Lipinski definition) is 6. The molecule has 0 spiro atoms. The molecule has 0 radical (unpaired) electrons. The number of morpholine rings is 1. The van der Waals surface area contributed by atoms with Crippen molar-refractivity contribution < 1.29 is 28.2 Å². The maximum atomic E-state index is 14.5. The summed E-state index contributed by atoms with van der Waals surface area (Å²) in [7, 11) is 2.71. The van der Waals surface area contributed by atoms with E-state index in [-0.39, 0.29) is 6.54 Å². The van der Waals surface area contributed by atoms with Crippen LogP contribution in [0.15, 0.2) is 18.2 Å². The van der Waals surface area contributed by atoms with Crippen LogP contribution in [0.1, 0.15) is 0 Å². The molecule has 2 aliphatic rings. The first-order valence-corrected chi connectivity index (χ1v) is 7.92. The third-order valence-electron chi connectivity index (χ3n) is 4.29. The topological polar surface area (TPSA) is 71.5 Å². The second kappa shape index (κ2) is 7.14. The number of cyclic esters (lactones) is 1. The molecule has 9 heteroatoms. The first-order chi connectivity index (χ1) is 12.0. The fraction of sp³-hybridized carbons (Fsp3) is 0.500. The van der Waals surface area contributed by atoms with Crippen molar-refractivity contribution in [3.63, 3.8) is 0 Å². The molecule has 0 saturated carbocycles. The molecule has 2 aliphatic heterocycles. The monoisotopic (exact) mass is 353 g/mol. The zero-order valence-corrected chi connectivity index (χ0v) is 14.1. The molecule has 136 valence electrons. The Balaban J connectivity index is 1.74. The van der Waals surface area contributed by atoms with Gasteiger partial charge in [0.25, 0.3) is 0 Å². The summed E-state index contributed by atoms with van der Waals surface area (Å²) in [6, 6.07) is 4.60. The molecule has 0 N–H and O–H groups in total. The summed E-state index contributed by atoms with van der Waals surface area (Å²) in [5.41, 5.74) is 0.850. The Morgan fingerprint density at radius 3 is 2.72 bits per heavy atom. The molecule has 3 rings (SSSR count). The normalized spacial score (nSPS) is 20.4. The van der Waals surface area contributed by atoms with Gasteiger partial charge in [0, 0.05) is 20.1 Å². The van der Waals surface area contributed by atoms with E-state index >= 15 is 0 Å². The minimum absolute atomic E-state index is 0.0980. The highest BCUT2D eigenvalue weighted by Gasteiger charge is 2.37. The van der Waals surface area contributed by atoms with Crippen molar-refractivity contribution in [2.75, 3.05) is 56.8 Å². The maximum Gasteiger partial charge on any atom is 0.416 e. The van der Waals surface area contributed by atoms with E-state index in [1.165, 1.54) is 30.0 Å². The number of anilines is 2. The number of methoxy groups -OCH3 is 1. The number of halogens is 1. The summed E-state index contributed by atoms with van der Waals surface area (Å²) < 4.78 is 29.5. The van der Waals surface area contributed by atoms with Crippen molar-refractivity contribution in [2.24, 2.45) is 0 Å². The van der Waals surface area contributed by atoms with E-state index in [9.17, 15) is 14.0 Å². The van der Waals surface area contributed by atoms with E-state index < -0.39 is 24.2 Å². The Labute approximate surface area is 144 Å². The highest BCUT2D eigenvalue weighted by molar-refractivity contribution is 5.90. The molecule has 1 aromatic rings. The largest absolute Gasteiger partial charge is 0.453 e. The summed E-state index contributed by atoms with van der Waals surface area (Å²) in [4.78, 5) is 28.0. The van der Waals surface area contributed by atoms with E-state index in [0.717, 1.165) is 0 Å². The SMILES string of the molecule is COC(=O)N(C)C1CN(c2ccc(N3CCOCC3)c(F)c2)C(=O)O1. The molecule has 2 heterocycles. The van der Waals surface area contributed by atoms with E-state index in [1.54, 1.807) is 12.1 Å². The van der Waals surface area contributed by atoms with Crippen LogP contribution in [0.5, 0.6) is 0 Å². The van der Waals surface area contributed by atoms with Gasteiger partial charge in [-0.2, -0.15) is 0 Å². The number of ether oxygens (including phenoxy) is 3. The van der Waals surface area contributed by atoms with E-state index in [4.69, 9.17) is 9.47 Å². The van der Waals surface area contributed by atoms with E-state index in [1.807, 2.05) is 4.90 Å². The first kappa shape index (κ1) is 17.3. The van der Waals surface area contributed by atoms with Crippen LogP contribution in [-0.4, -0.2) is 70.3 Å². The predicted molar refractivity (Wildman–Crippen MR) is 87.2 cm³/mol. The number of amides is 2. The Hall–Kier alpha value is -2.55. The third kappa shape index (κ3) is 3.46. The van der Waals surface area contributed by atoms with Crippen molar-refractivity contribution >= 4 is 23.6 Å². The van der Waals surface area contributed by atoms with Gasteiger partial charge in [0.15, 0.2) is 6.23 Å². The second-order valence-electron chi connectivity index (χ2n) is 5.77. The molecule has 1 unspecified atom stereocenters. The summed E-state index contributed by atoms with van der Waals surface area (Å²) >= 11 is 0. The molecule has 8 nitrogen and oxygen atoms in total. The molecule has 1 atom stereocenters. The van der Waals surface area contributed by atoms with Crippen LogP contribution in [0, 0.1) is 5.82 Å². The first-order valence-electron chi connectivity index (χ1n) is 7.92. The summed E-state index contributed by atoms with van der Waals surface area (Å²) in [5.74, 6) is -0.419. The highest BCUT2D eigenvalue weighted by atomic mass is 19.1. The maximum absolute atomic E-state index is 14.5. The molecular weight excluding hydrogens is 333 g/mol. The van der Waals surface area contributed by atoms with Crippen LogP contribution in [0.2, 0.25) is 0 Å². The number of carbonyl (C=O) groups is 2. The molecule has 0 aliphatic carbocycles. The Morgan fingerprint density at radius 2 is 2.08 bits per heavy atom. The third-order valence-corrected chi connectivity index (χ3v) is 4.29. The minimum Gasteiger partial charge on any atom is -0.453 e. The lowest BCUT2D eigenvalue weighted by molar-refractivity contribution is 0.0343. The fourth-order valence-corrected chi connectivity index (χ4v) is 2.85. The van der Waals surface area contributed by atoms with Crippen LogP contribution < -0.4 is 9.80 Å². The van der Waals surface area contributed by atoms with Crippen LogP contribution in [-0.2, 0) is 14.2 Å². The molecule has 1 aromatic carbocycles. The van der Waals surface area contributed by atoms with Crippen molar-refractivity contribution in [2.45, 2.75) is 6.23 Å². The van der Waals surface area contributed by atoms with Gasteiger partial charge in [-0.1, -0.05) is 0 Å². The molecule has 25 heavy (non-hydrogen) atoms.